The van der Waals surface area contributed by atoms with Gasteiger partial charge >= 0.3 is 6.09 Å². The maximum atomic E-state index is 13.1. The van der Waals surface area contributed by atoms with Crippen LogP contribution in [0, 0.1) is 5.41 Å². The van der Waals surface area contributed by atoms with Crippen molar-refractivity contribution in [2.24, 2.45) is 5.41 Å². The van der Waals surface area contributed by atoms with E-state index in [1.165, 1.54) is 4.90 Å². The van der Waals surface area contributed by atoms with Crippen LogP contribution in [0.4, 0.5) is 4.79 Å². The molecule has 8 nitrogen and oxygen atoms in total. The Kier molecular flexibility index (Phi) is 8.19. The Hall–Kier alpha value is -2.97. The Morgan fingerprint density at radius 2 is 1.59 bits per heavy atom. The molecule has 4 rings (SSSR count). The minimum atomic E-state index is -0.536. The van der Waals surface area contributed by atoms with Gasteiger partial charge in [-0.1, -0.05) is 44.2 Å². The Labute approximate surface area is 219 Å². The Morgan fingerprint density at radius 3 is 2.14 bits per heavy atom. The van der Waals surface area contributed by atoms with Gasteiger partial charge < -0.3 is 24.0 Å². The number of rotatable bonds is 4. The number of carbonyl (C=O) groups is 2. The second-order valence-electron chi connectivity index (χ2n) is 11.2. The quantitative estimate of drug-likeness (QED) is 0.580. The molecule has 8 heteroatoms. The molecule has 0 bridgehead atoms. The number of benzene rings is 1. The van der Waals surface area contributed by atoms with Crippen molar-refractivity contribution in [3.05, 3.63) is 53.9 Å². The van der Waals surface area contributed by atoms with Gasteiger partial charge in [-0.2, -0.15) is 0 Å². The highest BCUT2D eigenvalue weighted by atomic mass is 16.6. The van der Waals surface area contributed by atoms with Gasteiger partial charge in [0.15, 0.2) is 0 Å². The molecule has 1 aromatic carbocycles. The first-order chi connectivity index (χ1) is 17.6. The van der Waals surface area contributed by atoms with E-state index in [1.54, 1.807) is 31.3 Å². The van der Waals surface area contributed by atoms with Crippen LogP contribution in [0.25, 0.3) is 11.1 Å². The zero-order chi connectivity index (χ0) is 26.6. The first-order valence-corrected chi connectivity index (χ1v) is 13.0. The summed E-state index contributed by atoms with van der Waals surface area (Å²) in [5, 5.41) is 0. The molecule has 3 heterocycles. The van der Waals surface area contributed by atoms with Crippen LogP contribution in [-0.4, -0.2) is 79.5 Å². The van der Waals surface area contributed by atoms with Gasteiger partial charge in [0.1, 0.15) is 11.3 Å². The third-order valence-electron chi connectivity index (χ3n) is 7.32. The zero-order valence-corrected chi connectivity index (χ0v) is 22.7. The first kappa shape index (κ1) is 27.1. The third-order valence-corrected chi connectivity index (χ3v) is 7.32. The lowest BCUT2D eigenvalue weighted by atomic mass is 9.89. The average molecular weight is 510 g/mol. The summed E-state index contributed by atoms with van der Waals surface area (Å²) in [5.41, 5.74) is 2.82. The van der Waals surface area contributed by atoms with E-state index in [4.69, 9.17) is 14.2 Å². The molecule has 0 radical (unpaired) electrons. The molecule has 2 amide bonds. The molecule has 1 aromatic heterocycles. The number of hydrogen-bond acceptors (Lipinski definition) is 6. The molecule has 2 aliphatic rings. The fraction of sp³-hybridized carbons (Fsp3) is 0.552. The molecule has 2 fully saturated rings. The van der Waals surface area contributed by atoms with Crippen molar-refractivity contribution in [2.75, 3.05) is 47.1 Å². The molecule has 2 saturated heterocycles. The van der Waals surface area contributed by atoms with Gasteiger partial charge in [-0.15, -0.1) is 0 Å². The summed E-state index contributed by atoms with van der Waals surface area (Å²) in [6.45, 7) is 9.34. The molecule has 200 valence electrons. The van der Waals surface area contributed by atoms with Crippen molar-refractivity contribution < 1.29 is 23.8 Å². The van der Waals surface area contributed by atoms with Crippen molar-refractivity contribution in [1.29, 1.82) is 0 Å². The summed E-state index contributed by atoms with van der Waals surface area (Å²) in [5.74, 6) is -0.125. The fourth-order valence-corrected chi connectivity index (χ4v) is 4.85. The summed E-state index contributed by atoms with van der Waals surface area (Å²) >= 11 is 0. The van der Waals surface area contributed by atoms with E-state index in [-0.39, 0.29) is 23.5 Å². The molecule has 2 aromatic rings. The average Bonchev–Trinajstić information content (AvgIpc) is 2.88. The lowest BCUT2D eigenvalue weighted by molar-refractivity contribution is -0.105. The van der Waals surface area contributed by atoms with E-state index < -0.39 is 5.60 Å². The highest BCUT2D eigenvalue weighted by molar-refractivity contribution is 5.92. The van der Waals surface area contributed by atoms with E-state index in [0.717, 1.165) is 23.1 Å². The second-order valence-corrected chi connectivity index (χ2v) is 11.2. The second kappa shape index (κ2) is 11.2. The normalized spacial score (nSPS) is 20.7. The molecule has 0 saturated carbocycles. The van der Waals surface area contributed by atoms with Crippen molar-refractivity contribution in [1.82, 2.24) is 14.8 Å². The molecule has 37 heavy (non-hydrogen) atoms. The fourth-order valence-electron chi connectivity index (χ4n) is 4.85. The number of aromatic nitrogens is 1. The summed E-state index contributed by atoms with van der Waals surface area (Å²) in [6.07, 6.45) is 3.54. The van der Waals surface area contributed by atoms with Crippen LogP contribution in [-0.2, 0) is 14.2 Å². The lowest BCUT2D eigenvalue weighted by Crippen LogP contribution is -2.51. The Balaban J connectivity index is 1.38. The van der Waals surface area contributed by atoms with Gasteiger partial charge in [-0.25, -0.2) is 4.79 Å². The van der Waals surface area contributed by atoms with Gasteiger partial charge in [-0.05, 0) is 24.1 Å². The summed E-state index contributed by atoms with van der Waals surface area (Å²) < 4.78 is 17.9. The van der Waals surface area contributed by atoms with E-state index >= 15 is 0 Å². The summed E-state index contributed by atoms with van der Waals surface area (Å²) in [7, 11) is 3.42. The summed E-state index contributed by atoms with van der Waals surface area (Å²) in [4.78, 5) is 32.8. The number of carbonyl (C=O) groups excluding carboxylic acids is 2. The SMILES string of the molecule is CC(c1ccc(-c2ccc(C(=O)N(C)C)nc2)cc1)N1CCC2(CCOCC(C)(C)COCC2)OC1=O. The van der Waals surface area contributed by atoms with Crippen LogP contribution in [0.2, 0.25) is 0 Å². The van der Waals surface area contributed by atoms with Crippen LogP contribution in [0.1, 0.15) is 62.1 Å². The van der Waals surface area contributed by atoms with Gasteiger partial charge in [0, 0.05) is 57.1 Å². The molecule has 1 atom stereocenters. The van der Waals surface area contributed by atoms with Crippen molar-refractivity contribution in [2.45, 2.75) is 51.7 Å². The van der Waals surface area contributed by atoms with Crippen LogP contribution in [0.15, 0.2) is 42.6 Å². The minimum absolute atomic E-state index is 0.0133. The largest absolute Gasteiger partial charge is 0.443 e. The smallest absolute Gasteiger partial charge is 0.410 e. The van der Waals surface area contributed by atoms with Crippen molar-refractivity contribution in [3.8, 4) is 11.1 Å². The van der Waals surface area contributed by atoms with Gasteiger partial charge in [0.05, 0.1) is 32.5 Å². The molecule has 1 unspecified atom stereocenters. The summed E-state index contributed by atoms with van der Waals surface area (Å²) in [6, 6.07) is 11.6. The van der Waals surface area contributed by atoms with E-state index in [2.05, 4.69) is 18.8 Å². The lowest BCUT2D eigenvalue weighted by Gasteiger charge is -2.44. The number of hydrogen-bond donors (Lipinski definition) is 0. The van der Waals surface area contributed by atoms with Gasteiger partial charge in [-0.3, -0.25) is 9.78 Å². The molecular formula is C29H39N3O5. The standard InChI is InChI=1S/C29H39N3O5/c1-21(22-6-8-23(9-7-22)24-10-11-25(30-18-24)26(33)31(4)5)32-15-12-29(37-27(32)34)13-16-35-19-28(2,3)20-36-17-14-29/h6-11,18,21H,12-17,19-20H2,1-5H3. The molecule has 1 spiro atoms. The molecule has 2 aliphatic heterocycles. The highest BCUT2D eigenvalue weighted by Crippen LogP contribution is 2.35. The maximum absolute atomic E-state index is 13.1. The van der Waals surface area contributed by atoms with Crippen LogP contribution >= 0.6 is 0 Å². The first-order valence-electron chi connectivity index (χ1n) is 13.0. The number of ether oxygens (including phenoxy) is 3. The number of nitrogens with zero attached hydrogens (tertiary/aromatic N) is 3. The van der Waals surface area contributed by atoms with Crippen molar-refractivity contribution >= 4 is 12.0 Å². The molecular weight excluding hydrogens is 470 g/mol. The maximum Gasteiger partial charge on any atom is 0.410 e. The Bertz CT molecular complexity index is 1070. The minimum Gasteiger partial charge on any atom is -0.443 e. The zero-order valence-electron chi connectivity index (χ0n) is 22.7. The predicted octanol–water partition coefficient (Wildman–Crippen LogP) is 4.95. The monoisotopic (exact) mass is 509 g/mol. The third kappa shape index (κ3) is 6.48. The number of amides is 2. The van der Waals surface area contributed by atoms with Gasteiger partial charge in [0.2, 0.25) is 0 Å². The molecule has 0 aliphatic carbocycles. The Morgan fingerprint density at radius 1 is 0.973 bits per heavy atom. The van der Waals surface area contributed by atoms with Crippen molar-refractivity contribution in [3.63, 3.8) is 0 Å². The topological polar surface area (TPSA) is 81.2 Å². The van der Waals surface area contributed by atoms with Crippen LogP contribution in [0.3, 0.4) is 0 Å². The number of pyridine rings is 1. The van der Waals surface area contributed by atoms with E-state index in [0.29, 0.717) is 51.5 Å². The van der Waals surface area contributed by atoms with Crippen LogP contribution < -0.4 is 0 Å². The van der Waals surface area contributed by atoms with Gasteiger partial charge in [0.25, 0.3) is 5.91 Å². The predicted molar refractivity (Wildman–Crippen MR) is 141 cm³/mol. The highest BCUT2D eigenvalue weighted by Gasteiger charge is 2.42. The van der Waals surface area contributed by atoms with E-state index in [9.17, 15) is 9.59 Å². The van der Waals surface area contributed by atoms with E-state index in [1.807, 2.05) is 37.3 Å². The molecule has 0 N–H and O–H groups in total. The van der Waals surface area contributed by atoms with Crippen LogP contribution in [0.5, 0.6) is 0 Å².